The third kappa shape index (κ3) is 10.7. The van der Waals surface area contributed by atoms with Crippen molar-refractivity contribution >= 4 is 22.9 Å². The molecule has 6 heterocycles. The van der Waals surface area contributed by atoms with Crippen LogP contribution in [0.4, 0.5) is 0 Å². The van der Waals surface area contributed by atoms with Gasteiger partial charge in [0.1, 0.15) is 51.7 Å². The molecule has 71 heavy (non-hydrogen) atoms. The van der Waals surface area contributed by atoms with Crippen molar-refractivity contribution in [1.82, 2.24) is 0 Å². The second-order valence-electron chi connectivity index (χ2n) is 20.1. The first-order chi connectivity index (χ1) is 35.0. The molecule has 7 aromatic carbocycles. The maximum absolute atomic E-state index is 7.26. The van der Waals surface area contributed by atoms with Crippen molar-refractivity contribution in [2.24, 2.45) is 5.41 Å². The highest BCUT2D eigenvalue weighted by molar-refractivity contribution is 6.09. The summed E-state index contributed by atoms with van der Waals surface area (Å²) in [7, 11) is 1.74. The van der Waals surface area contributed by atoms with E-state index < -0.39 is 0 Å². The Kier molecular flexibility index (Phi) is 15.0. The van der Waals surface area contributed by atoms with Crippen molar-refractivity contribution in [2.45, 2.75) is 122 Å². The minimum atomic E-state index is -0.172. The van der Waals surface area contributed by atoms with Crippen LogP contribution >= 0.6 is 0 Å². The van der Waals surface area contributed by atoms with Gasteiger partial charge < -0.3 is 28.4 Å². The SMILES string of the molecule is CCC1(CC)CCC2(CC1)c1ccccc1-c1c2c2c(c3cc(OC)ccc13)Oc1ccc(cc1)Oc1ccc(cc1)OCCCCCCCCCCCCOc1ccc(cc1)Oc1ccc(cc1)C=C2. The molecule has 0 saturated heterocycles. The van der Waals surface area contributed by atoms with Crippen LogP contribution < -0.4 is 28.4 Å². The Morgan fingerprint density at radius 1 is 0.465 bits per heavy atom. The summed E-state index contributed by atoms with van der Waals surface area (Å²) in [4.78, 5) is 0. The fourth-order valence-corrected chi connectivity index (χ4v) is 11.6. The van der Waals surface area contributed by atoms with Crippen molar-refractivity contribution < 1.29 is 28.4 Å². The number of ether oxygens (including phenoxy) is 6. The van der Waals surface area contributed by atoms with Crippen molar-refractivity contribution in [2.75, 3.05) is 20.3 Å². The molecule has 6 nitrogen and oxygen atoms in total. The first-order valence-corrected chi connectivity index (χ1v) is 26.6. The second-order valence-corrected chi connectivity index (χ2v) is 20.1. The summed E-state index contributed by atoms with van der Waals surface area (Å²) in [5.41, 5.74) is 7.78. The molecular weight excluding hydrogens is 877 g/mol. The lowest BCUT2D eigenvalue weighted by Crippen LogP contribution is -2.37. The number of benzene rings is 7. The van der Waals surface area contributed by atoms with Gasteiger partial charge in [-0.05, 0) is 180 Å². The maximum atomic E-state index is 7.26. The number of rotatable bonds is 3. The van der Waals surface area contributed by atoms with Gasteiger partial charge in [-0.3, -0.25) is 0 Å². The number of hydrogen-bond donors (Lipinski definition) is 0. The highest BCUT2D eigenvalue weighted by Gasteiger charge is 2.50. The topological polar surface area (TPSA) is 55.4 Å². The van der Waals surface area contributed by atoms with E-state index in [0.717, 1.165) is 107 Å². The highest BCUT2D eigenvalue weighted by Crippen LogP contribution is 2.63. The molecule has 8 aliphatic rings. The van der Waals surface area contributed by atoms with E-state index in [1.165, 1.54) is 105 Å². The van der Waals surface area contributed by atoms with E-state index in [1.54, 1.807) is 7.11 Å². The lowest BCUT2D eigenvalue weighted by atomic mass is 9.58. The predicted molar refractivity (Wildman–Crippen MR) is 290 cm³/mol. The molecule has 1 saturated carbocycles. The van der Waals surface area contributed by atoms with Crippen molar-refractivity contribution in [3.8, 4) is 62.9 Å². The third-order valence-electron chi connectivity index (χ3n) is 15.9. The van der Waals surface area contributed by atoms with Crippen LogP contribution in [-0.4, -0.2) is 20.3 Å². The first-order valence-electron chi connectivity index (χ1n) is 26.6. The molecule has 0 amide bonds. The minimum absolute atomic E-state index is 0.172. The van der Waals surface area contributed by atoms with Crippen molar-refractivity contribution in [3.63, 3.8) is 0 Å². The zero-order valence-electron chi connectivity index (χ0n) is 42.1. The van der Waals surface area contributed by atoms with E-state index in [-0.39, 0.29) is 5.41 Å². The summed E-state index contributed by atoms with van der Waals surface area (Å²) in [5.74, 6) is 7.12. The average Bonchev–Trinajstić information content (AvgIpc) is 3.69. The summed E-state index contributed by atoms with van der Waals surface area (Å²) < 4.78 is 38.1. The standard InChI is InChI=1S/C65H70O6/c1-4-64(5-2)40-42-65(43-41-64)60-19-15-14-18-57(60)61-56-39-37-55(66-3)46-59(56)63-58(62(61)65)38-22-47-20-23-50(24-21-47)69-51-29-25-48(26-30-51)67-44-16-12-10-8-6-7-9-11-13-17-45-68-49-27-31-52(32-28-49)70-53-33-35-54(71-63)36-34-53/h14-15,18-39,46H,4-13,16-17,40-45H2,1-3H3. The Labute approximate surface area is 421 Å². The molecule has 0 aromatic heterocycles. The number of fused-ring (bicyclic) bond motifs is 9. The van der Waals surface area contributed by atoms with E-state index in [0.29, 0.717) is 5.41 Å². The number of methoxy groups -OCH3 is 1. The van der Waals surface area contributed by atoms with Crippen LogP contribution in [0, 0.1) is 5.41 Å². The molecule has 0 radical (unpaired) electrons. The van der Waals surface area contributed by atoms with Gasteiger partial charge in [0, 0.05) is 16.4 Å². The Hall–Kier alpha value is -6.66. The van der Waals surface area contributed by atoms with Crippen LogP contribution in [0.15, 0.2) is 140 Å². The van der Waals surface area contributed by atoms with Crippen LogP contribution in [0.25, 0.3) is 34.1 Å². The molecular formula is C65H70O6. The Morgan fingerprint density at radius 3 is 1.46 bits per heavy atom. The highest BCUT2D eigenvalue weighted by atomic mass is 16.5. The molecule has 1 spiro atoms. The quantitative estimate of drug-likeness (QED) is 0.176. The van der Waals surface area contributed by atoms with E-state index in [9.17, 15) is 0 Å². The molecule has 8 bridgehead atoms. The lowest BCUT2D eigenvalue weighted by molar-refractivity contribution is 0.133. The molecule has 2 aliphatic carbocycles. The van der Waals surface area contributed by atoms with Gasteiger partial charge in [-0.15, -0.1) is 0 Å². The fourth-order valence-electron chi connectivity index (χ4n) is 11.6. The van der Waals surface area contributed by atoms with Crippen LogP contribution in [0.2, 0.25) is 0 Å². The zero-order valence-corrected chi connectivity index (χ0v) is 42.1. The lowest BCUT2D eigenvalue weighted by Gasteiger charge is -2.46. The molecule has 1 fully saturated rings. The predicted octanol–water partition coefficient (Wildman–Crippen LogP) is 18.7. The Morgan fingerprint density at radius 2 is 0.944 bits per heavy atom. The third-order valence-corrected chi connectivity index (χ3v) is 15.9. The van der Waals surface area contributed by atoms with Crippen molar-refractivity contribution in [1.29, 1.82) is 0 Å². The largest absolute Gasteiger partial charge is 0.497 e. The smallest absolute Gasteiger partial charge is 0.142 e. The van der Waals surface area contributed by atoms with Gasteiger partial charge >= 0.3 is 0 Å². The number of hydrogen-bond acceptors (Lipinski definition) is 6. The summed E-state index contributed by atoms with van der Waals surface area (Å²) in [6, 6.07) is 48.0. The van der Waals surface area contributed by atoms with Gasteiger partial charge in [0.25, 0.3) is 0 Å². The van der Waals surface area contributed by atoms with Gasteiger partial charge in [-0.2, -0.15) is 0 Å². The van der Waals surface area contributed by atoms with Gasteiger partial charge in [0.2, 0.25) is 0 Å². The summed E-state index contributed by atoms with van der Waals surface area (Å²) in [6.45, 7) is 6.23. The van der Waals surface area contributed by atoms with E-state index in [4.69, 9.17) is 28.4 Å². The van der Waals surface area contributed by atoms with Crippen LogP contribution in [0.1, 0.15) is 139 Å². The van der Waals surface area contributed by atoms with E-state index >= 15 is 0 Å². The Bertz CT molecular complexity index is 2880. The molecule has 15 rings (SSSR count). The van der Waals surface area contributed by atoms with Gasteiger partial charge in [-0.25, -0.2) is 0 Å². The summed E-state index contributed by atoms with van der Waals surface area (Å²) >= 11 is 0. The molecule has 6 heteroatoms. The molecule has 6 aliphatic heterocycles. The summed E-state index contributed by atoms with van der Waals surface area (Å²) in [6.07, 6.45) is 23.7. The van der Waals surface area contributed by atoms with Gasteiger partial charge in [-0.1, -0.05) is 127 Å². The molecule has 0 N–H and O–H groups in total. The molecule has 0 unspecified atom stereocenters. The monoisotopic (exact) mass is 947 g/mol. The van der Waals surface area contributed by atoms with Crippen LogP contribution in [-0.2, 0) is 5.41 Å². The summed E-state index contributed by atoms with van der Waals surface area (Å²) in [5, 5.41) is 2.18. The Balaban J connectivity index is 1.02. The van der Waals surface area contributed by atoms with E-state index in [1.807, 2.05) is 84.9 Å². The second kappa shape index (κ2) is 22.2. The first kappa shape index (κ1) is 48.0. The van der Waals surface area contributed by atoms with Crippen LogP contribution in [0.3, 0.4) is 0 Å². The average molecular weight is 947 g/mol. The van der Waals surface area contributed by atoms with Crippen LogP contribution in [0.5, 0.6) is 51.7 Å². The fraction of sp³-hybridized carbons (Fsp3) is 0.354. The zero-order chi connectivity index (χ0) is 48.5. The minimum Gasteiger partial charge on any atom is -0.497 e. The van der Waals surface area contributed by atoms with Crippen molar-refractivity contribution in [3.05, 3.63) is 162 Å². The van der Waals surface area contributed by atoms with E-state index in [2.05, 4.69) is 80.6 Å². The van der Waals surface area contributed by atoms with Gasteiger partial charge in [0.15, 0.2) is 0 Å². The maximum Gasteiger partial charge on any atom is 0.142 e. The molecule has 0 atom stereocenters. The van der Waals surface area contributed by atoms with Gasteiger partial charge in [0.05, 0.1) is 20.3 Å². The normalized spacial score (nSPS) is 17.2. The molecule has 366 valence electrons. The molecule has 7 aromatic rings.